The van der Waals surface area contributed by atoms with Gasteiger partial charge in [0.25, 0.3) is 0 Å². The Kier molecular flexibility index (Phi) is 7.47. The van der Waals surface area contributed by atoms with Gasteiger partial charge in [-0.25, -0.2) is 0 Å². The number of halogens is 1. The molecule has 0 atom stereocenters. The first kappa shape index (κ1) is 16.5. The Balaban J connectivity index is 2.06. The molecule has 19 heavy (non-hydrogen) atoms. The highest BCUT2D eigenvalue weighted by molar-refractivity contribution is 6.31. The minimum Gasteiger partial charge on any atom is -0.316 e. The molecule has 0 aliphatic carbocycles. The van der Waals surface area contributed by atoms with Crippen LogP contribution in [0.3, 0.4) is 0 Å². The van der Waals surface area contributed by atoms with Gasteiger partial charge in [0.15, 0.2) is 0 Å². The molecule has 0 aromatic carbocycles. The van der Waals surface area contributed by atoms with Crippen LogP contribution < -0.4 is 5.32 Å². The normalized spacial score (nSPS) is 11.5. The van der Waals surface area contributed by atoms with E-state index in [1.54, 1.807) is 0 Å². The Morgan fingerprint density at radius 2 is 1.84 bits per heavy atom. The van der Waals surface area contributed by atoms with Gasteiger partial charge in [-0.15, -0.1) is 0 Å². The number of hydrogen-bond acceptors (Lipinski definition) is 2. The van der Waals surface area contributed by atoms with Gasteiger partial charge >= 0.3 is 0 Å². The average Bonchev–Trinajstić information content (AvgIpc) is 2.60. The van der Waals surface area contributed by atoms with Crippen LogP contribution in [0.5, 0.6) is 0 Å². The Morgan fingerprint density at radius 3 is 2.42 bits per heavy atom. The third kappa shape index (κ3) is 5.96. The highest BCUT2D eigenvalue weighted by atomic mass is 35.5. The van der Waals surface area contributed by atoms with Crippen molar-refractivity contribution in [2.75, 3.05) is 13.1 Å². The minimum absolute atomic E-state index is 0.746. The monoisotopic (exact) mass is 285 g/mol. The lowest BCUT2D eigenvalue weighted by atomic mass is 10.2. The van der Waals surface area contributed by atoms with Gasteiger partial charge in [-0.3, -0.25) is 4.68 Å². The first-order valence-corrected chi connectivity index (χ1v) is 7.80. The van der Waals surface area contributed by atoms with Crippen LogP contribution in [0, 0.1) is 19.8 Å². The molecule has 0 aliphatic rings. The fourth-order valence-electron chi connectivity index (χ4n) is 2.15. The maximum Gasteiger partial charge on any atom is 0.0844 e. The van der Waals surface area contributed by atoms with E-state index in [-0.39, 0.29) is 0 Å². The summed E-state index contributed by atoms with van der Waals surface area (Å²) in [6.45, 7) is 11.7. The van der Waals surface area contributed by atoms with Crippen LogP contribution in [0.25, 0.3) is 0 Å². The summed E-state index contributed by atoms with van der Waals surface area (Å²) in [4.78, 5) is 0. The summed E-state index contributed by atoms with van der Waals surface area (Å²) in [5, 5.41) is 8.74. The SMILES string of the molecule is Cc1nn(CCCCCCNCC(C)C)c(C)c1Cl. The van der Waals surface area contributed by atoms with Gasteiger partial charge in [-0.1, -0.05) is 38.3 Å². The van der Waals surface area contributed by atoms with E-state index in [2.05, 4.69) is 24.3 Å². The number of nitrogens with one attached hydrogen (secondary N) is 1. The summed E-state index contributed by atoms with van der Waals surface area (Å²) in [6.07, 6.45) is 5.00. The summed E-state index contributed by atoms with van der Waals surface area (Å²) >= 11 is 6.13. The van der Waals surface area contributed by atoms with E-state index < -0.39 is 0 Å². The summed E-state index contributed by atoms with van der Waals surface area (Å²) < 4.78 is 2.04. The van der Waals surface area contributed by atoms with E-state index >= 15 is 0 Å². The van der Waals surface area contributed by atoms with Gasteiger partial charge in [0.2, 0.25) is 0 Å². The Morgan fingerprint density at radius 1 is 1.16 bits per heavy atom. The number of aromatic nitrogens is 2. The molecule has 1 rings (SSSR count). The second-order valence-electron chi connectivity index (χ2n) is 5.72. The predicted octanol–water partition coefficient (Wildman–Crippen LogP) is 3.96. The van der Waals surface area contributed by atoms with E-state index in [9.17, 15) is 0 Å². The van der Waals surface area contributed by atoms with Crippen molar-refractivity contribution >= 4 is 11.6 Å². The van der Waals surface area contributed by atoms with Crippen LogP contribution in [0.1, 0.15) is 50.9 Å². The van der Waals surface area contributed by atoms with E-state index in [1.165, 1.54) is 25.7 Å². The zero-order valence-electron chi connectivity index (χ0n) is 12.8. The Hall–Kier alpha value is -0.540. The summed E-state index contributed by atoms with van der Waals surface area (Å²) in [5.74, 6) is 0.746. The van der Waals surface area contributed by atoms with Gasteiger partial charge in [-0.2, -0.15) is 5.10 Å². The molecule has 0 unspecified atom stereocenters. The molecular weight excluding hydrogens is 258 g/mol. The van der Waals surface area contributed by atoms with Crippen LogP contribution >= 0.6 is 11.6 Å². The molecule has 0 bridgehead atoms. The van der Waals surface area contributed by atoms with Crippen molar-refractivity contribution in [3.8, 4) is 0 Å². The molecule has 4 heteroatoms. The van der Waals surface area contributed by atoms with Crippen molar-refractivity contribution in [3.05, 3.63) is 16.4 Å². The molecule has 1 heterocycles. The summed E-state index contributed by atoms with van der Waals surface area (Å²) in [5.41, 5.74) is 2.04. The molecule has 110 valence electrons. The molecule has 1 aromatic rings. The van der Waals surface area contributed by atoms with Crippen molar-refractivity contribution in [2.45, 2.75) is 59.9 Å². The van der Waals surface area contributed by atoms with Crippen molar-refractivity contribution in [3.63, 3.8) is 0 Å². The highest BCUT2D eigenvalue weighted by Gasteiger charge is 2.07. The molecule has 0 radical (unpaired) electrons. The lowest BCUT2D eigenvalue weighted by Gasteiger charge is -2.07. The topological polar surface area (TPSA) is 29.9 Å². The van der Waals surface area contributed by atoms with Gasteiger partial charge in [-0.05, 0) is 45.7 Å². The van der Waals surface area contributed by atoms with Crippen molar-refractivity contribution in [2.24, 2.45) is 5.92 Å². The lowest BCUT2D eigenvalue weighted by molar-refractivity contribution is 0.501. The van der Waals surface area contributed by atoms with Crippen molar-refractivity contribution in [1.82, 2.24) is 15.1 Å². The highest BCUT2D eigenvalue weighted by Crippen LogP contribution is 2.19. The number of hydrogen-bond donors (Lipinski definition) is 1. The van der Waals surface area contributed by atoms with Crippen LogP contribution in [0.2, 0.25) is 5.02 Å². The molecule has 0 saturated carbocycles. The van der Waals surface area contributed by atoms with Gasteiger partial charge in [0, 0.05) is 6.54 Å². The minimum atomic E-state index is 0.746. The molecule has 1 aromatic heterocycles. The number of aryl methyl sites for hydroxylation is 2. The average molecular weight is 286 g/mol. The van der Waals surface area contributed by atoms with Crippen LogP contribution in [0.15, 0.2) is 0 Å². The van der Waals surface area contributed by atoms with E-state index in [4.69, 9.17) is 11.6 Å². The fourth-order valence-corrected chi connectivity index (χ4v) is 2.28. The predicted molar refractivity (Wildman–Crippen MR) is 82.9 cm³/mol. The first-order chi connectivity index (χ1) is 9.02. The van der Waals surface area contributed by atoms with E-state index in [1.807, 2.05) is 18.5 Å². The van der Waals surface area contributed by atoms with Crippen molar-refractivity contribution in [1.29, 1.82) is 0 Å². The second kappa shape index (κ2) is 8.60. The molecular formula is C15H28ClN3. The van der Waals surface area contributed by atoms with E-state index in [0.717, 1.165) is 42.0 Å². The smallest absolute Gasteiger partial charge is 0.0844 e. The third-order valence-electron chi connectivity index (χ3n) is 3.32. The standard InChI is InChI=1S/C15H28ClN3/c1-12(2)11-17-9-7-5-6-8-10-19-14(4)15(16)13(3)18-19/h12,17H,5-11H2,1-4H3. The fraction of sp³-hybridized carbons (Fsp3) is 0.800. The quantitative estimate of drug-likeness (QED) is 0.696. The molecule has 1 N–H and O–H groups in total. The molecule has 3 nitrogen and oxygen atoms in total. The molecule has 0 spiro atoms. The first-order valence-electron chi connectivity index (χ1n) is 7.42. The molecule has 0 aliphatic heterocycles. The zero-order valence-corrected chi connectivity index (χ0v) is 13.6. The maximum atomic E-state index is 6.13. The third-order valence-corrected chi connectivity index (χ3v) is 3.87. The van der Waals surface area contributed by atoms with Crippen molar-refractivity contribution < 1.29 is 0 Å². The maximum absolute atomic E-state index is 6.13. The molecule has 0 saturated heterocycles. The number of nitrogens with zero attached hydrogens (tertiary/aromatic N) is 2. The Bertz CT molecular complexity index is 372. The van der Waals surface area contributed by atoms with E-state index in [0.29, 0.717) is 0 Å². The van der Waals surface area contributed by atoms with Gasteiger partial charge in [0.05, 0.1) is 16.4 Å². The van der Waals surface area contributed by atoms with Crippen LogP contribution in [-0.2, 0) is 6.54 Å². The molecule has 0 amide bonds. The summed E-state index contributed by atoms with van der Waals surface area (Å²) in [6, 6.07) is 0. The number of rotatable bonds is 9. The summed E-state index contributed by atoms with van der Waals surface area (Å²) in [7, 11) is 0. The second-order valence-corrected chi connectivity index (χ2v) is 6.10. The lowest BCUT2D eigenvalue weighted by Crippen LogP contribution is -2.20. The van der Waals surface area contributed by atoms with Gasteiger partial charge < -0.3 is 5.32 Å². The van der Waals surface area contributed by atoms with Crippen LogP contribution in [-0.4, -0.2) is 22.9 Å². The Labute approximate surface area is 122 Å². The molecule has 0 fully saturated rings. The van der Waals surface area contributed by atoms with Gasteiger partial charge in [0.1, 0.15) is 0 Å². The van der Waals surface area contributed by atoms with Crippen LogP contribution in [0.4, 0.5) is 0 Å². The number of unbranched alkanes of at least 4 members (excludes halogenated alkanes) is 3. The largest absolute Gasteiger partial charge is 0.316 e. The zero-order chi connectivity index (χ0) is 14.3.